The molecule has 0 radical (unpaired) electrons. The van der Waals surface area contributed by atoms with Crippen molar-refractivity contribution in [2.75, 3.05) is 18.6 Å². The first-order valence-electron chi connectivity index (χ1n) is 8.65. The van der Waals surface area contributed by atoms with Gasteiger partial charge in [-0.15, -0.1) is 0 Å². The van der Waals surface area contributed by atoms with Gasteiger partial charge in [0.1, 0.15) is 0 Å². The summed E-state index contributed by atoms with van der Waals surface area (Å²) in [5, 5.41) is 9.48. The molecule has 138 valence electrons. The van der Waals surface area contributed by atoms with Crippen molar-refractivity contribution < 1.29 is 19.4 Å². The monoisotopic (exact) mass is 427 g/mol. The Kier molecular flexibility index (Phi) is 4.69. The van der Waals surface area contributed by atoms with E-state index >= 15 is 0 Å². The van der Waals surface area contributed by atoms with Crippen LogP contribution in [-0.4, -0.2) is 43.9 Å². The highest BCUT2D eigenvalue weighted by Crippen LogP contribution is 2.60. The van der Waals surface area contributed by atoms with E-state index < -0.39 is 13.9 Å². The van der Waals surface area contributed by atoms with Crippen LogP contribution in [0.2, 0.25) is 18.6 Å². The number of fused-ring (bicyclic) bond motifs is 2. The van der Waals surface area contributed by atoms with Crippen LogP contribution in [0.25, 0.3) is 0 Å². The van der Waals surface area contributed by atoms with Crippen molar-refractivity contribution in [2.45, 2.75) is 50.6 Å². The number of carbonyl (C=O) groups is 1. The summed E-state index contributed by atoms with van der Waals surface area (Å²) in [4.78, 5) is 25.9. The number of anilines is 1. The molecule has 2 aliphatic heterocycles. The van der Waals surface area contributed by atoms with Gasteiger partial charge in [-0.05, 0) is 54.0 Å². The Balaban J connectivity index is 2.22. The second-order valence-corrected chi connectivity index (χ2v) is 12.7. The lowest BCUT2D eigenvalue weighted by atomic mass is 9.82. The Bertz CT molecular complexity index is 720. The maximum Gasteiger partial charge on any atom is 0.264 e. The molecule has 4 atom stereocenters. The molecule has 0 aliphatic carbocycles. The highest BCUT2D eigenvalue weighted by atomic mass is 79.9. The van der Waals surface area contributed by atoms with Gasteiger partial charge in [0.25, 0.3) is 5.91 Å². The minimum absolute atomic E-state index is 0.0250. The number of halogens is 1. The van der Waals surface area contributed by atoms with Crippen LogP contribution in [0.1, 0.15) is 24.5 Å². The number of amides is 1. The van der Waals surface area contributed by atoms with Crippen molar-refractivity contribution >= 4 is 35.8 Å². The van der Waals surface area contributed by atoms with E-state index in [9.17, 15) is 14.7 Å². The zero-order chi connectivity index (χ0) is 18.7. The summed E-state index contributed by atoms with van der Waals surface area (Å²) in [5.41, 5.74) is 1.54. The lowest BCUT2D eigenvalue weighted by Crippen LogP contribution is -2.45. The maximum absolute atomic E-state index is 13.3. The average molecular weight is 428 g/mol. The molecular formula is C18H26BrNO4Si. The summed E-state index contributed by atoms with van der Waals surface area (Å²) in [5.74, 6) is -0.259. The van der Waals surface area contributed by atoms with E-state index in [-0.39, 0.29) is 30.1 Å². The Morgan fingerprint density at radius 2 is 2.04 bits per heavy atom. The number of aryl methyl sites for hydroxylation is 1. The van der Waals surface area contributed by atoms with Gasteiger partial charge in [-0.3, -0.25) is 4.79 Å². The number of carbonyl (C=O) groups excluding carboxylic acids is 1. The molecule has 0 bridgehead atoms. The number of nitrogens with zero attached hydrogens (tertiary/aromatic N) is 1. The smallest absolute Gasteiger partial charge is 0.264 e. The molecule has 1 spiro atoms. The highest BCUT2D eigenvalue weighted by molar-refractivity contribution is 9.10. The van der Waals surface area contributed by atoms with E-state index in [2.05, 4.69) is 15.9 Å². The molecule has 1 saturated heterocycles. The van der Waals surface area contributed by atoms with Crippen LogP contribution in [0.5, 0.6) is 0 Å². The Morgan fingerprint density at radius 1 is 1.40 bits per heavy atom. The number of hydrogen-bond acceptors (Lipinski definition) is 4. The van der Waals surface area contributed by atoms with Gasteiger partial charge in [0, 0.05) is 35.1 Å². The van der Waals surface area contributed by atoms with E-state index in [1.54, 1.807) is 11.9 Å². The molecule has 1 fully saturated rings. The summed E-state index contributed by atoms with van der Waals surface area (Å²) < 4.78 is 7.29. The van der Waals surface area contributed by atoms with E-state index in [0.717, 1.165) is 21.3 Å². The molecule has 5 nitrogen and oxygen atoms in total. The van der Waals surface area contributed by atoms with E-state index in [0.29, 0.717) is 6.42 Å². The Morgan fingerprint density at radius 3 is 2.60 bits per heavy atom. The third-order valence-corrected chi connectivity index (χ3v) is 8.82. The molecular weight excluding hydrogens is 402 g/mol. The first-order chi connectivity index (χ1) is 11.6. The van der Waals surface area contributed by atoms with E-state index in [4.69, 9.17) is 4.74 Å². The fourth-order valence-electron chi connectivity index (χ4n) is 4.81. The second-order valence-electron chi connectivity index (χ2n) is 7.88. The van der Waals surface area contributed by atoms with Gasteiger partial charge >= 0.3 is 0 Å². The van der Waals surface area contributed by atoms with E-state index in [1.807, 2.05) is 39.1 Å². The number of ether oxygens (including phenoxy) is 1. The fraction of sp³-hybridized carbons (Fsp3) is 0.611. The molecule has 1 aromatic carbocycles. The molecule has 0 aromatic heterocycles. The molecule has 1 amide bonds. The van der Waals surface area contributed by atoms with Gasteiger partial charge in [-0.1, -0.05) is 13.0 Å². The lowest BCUT2D eigenvalue weighted by molar-refractivity contribution is -0.146. The van der Waals surface area contributed by atoms with Crippen LogP contribution in [0.4, 0.5) is 5.69 Å². The number of likely N-dealkylation sites (N-methyl/N-ethyl adjacent to an activating group) is 1. The molecule has 7 heteroatoms. The number of aliphatic hydroxyl groups is 1. The predicted molar refractivity (Wildman–Crippen MR) is 103 cm³/mol. The molecule has 2 N–H and O–H groups in total. The fourth-order valence-corrected chi connectivity index (χ4v) is 8.25. The van der Waals surface area contributed by atoms with Crippen LogP contribution in [0.15, 0.2) is 16.6 Å². The second kappa shape index (κ2) is 6.16. The van der Waals surface area contributed by atoms with Gasteiger partial charge in [-0.2, -0.15) is 0 Å². The largest absolute Gasteiger partial charge is 0.432 e. The minimum Gasteiger partial charge on any atom is -0.432 e. The highest BCUT2D eigenvalue weighted by Gasteiger charge is 2.65. The zero-order valence-corrected chi connectivity index (χ0v) is 17.9. The van der Waals surface area contributed by atoms with Crippen molar-refractivity contribution in [1.82, 2.24) is 0 Å². The van der Waals surface area contributed by atoms with Gasteiger partial charge in [-0.25, -0.2) is 0 Å². The van der Waals surface area contributed by atoms with Crippen LogP contribution in [0, 0.1) is 12.8 Å². The van der Waals surface area contributed by atoms with Crippen molar-refractivity contribution in [3.05, 3.63) is 27.7 Å². The summed E-state index contributed by atoms with van der Waals surface area (Å²) in [7, 11) is -0.834. The quantitative estimate of drug-likeness (QED) is 0.727. The minimum atomic E-state index is -2.60. The first-order valence-corrected chi connectivity index (χ1v) is 12.5. The van der Waals surface area contributed by atoms with E-state index in [1.165, 1.54) is 0 Å². The van der Waals surface area contributed by atoms with Gasteiger partial charge in [0.15, 0.2) is 13.9 Å². The zero-order valence-electron chi connectivity index (χ0n) is 15.3. The van der Waals surface area contributed by atoms with Crippen LogP contribution < -0.4 is 4.90 Å². The Hall–Kier alpha value is -0.733. The van der Waals surface area contributed by atoms with Gasteiger partial charge < -0.3 is 19.5 Å². The van der Waals surface area contributed by atoms with Crippen molar-refractivity contribution in [2.24, 2.45) is 5.92 Å². The number of aliphatic hydroxyl groups excluding tert-OH is 1. The van der Waals surface area contributed by atoms with Crippen molar-refractivity contribution in [3.63, 3.8) is 0 Å². The maximum atomic E-state index is 13.3. The SMILES string of the molecule is Cc1cc(Br)c2c(c1)[C@]1(O[C@@H](CCO)[C@H]([Si](C)(C)O)[C@H]1C)C(=O)N2C. The molecule has 2 heterocycles. The topological polar surface area (TPSA) is 70.0 Å². The summed E-state index contributed by atoms with van der Waals surface area (Å²) in [6, 6.07) is 4.01. The third-order valence-electron chi connectivity index (χ3n) is 5.71. The van der Waals surface area contributed by atoms with Crippen LogP contribution in [-0.2, 0) is 15.1 Å². The third kappa shape index (κ3) is 2.63. The molecule has 25 heavy (non-hydrogen) atoms. The van der Waals surface area contributed by atoms with Gasteiger partial charge in [0.05, 0.1) is 11.8 Å². The van der Waals surface area contributed by atoms with Crippen molar-refractivity contribution in [1.29, 1.82) is 0 Å². The normalized spacial score (nSPS) is 31.9. The van der Waals surface area contributed by atoms with Crippen LogP contribution in [0.3, 0.4) is 0 Å². The summed E-state index contributed by atoms with van der Waals surface area (Å²) in [6.45, 7) is 7.75. The summed E-state index contributed by atoms with van der Waals surface area (Å²) in [6.07, 6.45) is 0.0989. The molecule has 3 rings (SSSR count). The average Bonchev–Trinajstić information content (AvgIpc) is 2.88. The first kappa shape index (κ1) is 19.0. The lowest BCUT2D eigenvalue weighted by Gasteiger charge is -2.32. The van der Waals surface area contributed by atoms with Crippen LogP contribution >= 0.6 is 15.9 Å². The molecule has 0 saturated carbocycles. The Labute approximate surface area is 158 Å². The number of hydrogen-bond donors (Lipinski definition) is 2. The number of benzene rings is 1. The predicted octanol–water partition coefficient (Wildman–Crippen LogP) is 2.91. The van der Waals surface area contributed by atoms with Gasteiger partial charge in [0.2, 0.25) is 0 Å². The van der Waals surface area contributed by atoms with Crippen molar-refractivity contribution in [3.8, 4) is 0 Å². The molecule has 0 unspecified atom stereocenters. The molecule has 2 aliphatic rings. The molecule has 1 aromatic rings. The summed E-state index contributed by atoms with van der Waals surface area (Å²) >= 11 is 3.59. The standard InChI is InChI=1S/C18H26BrNO4Si/c1-10-8-12-15(13(19)9-10)20(3)17(22)18(12)11(2)16(25(4,5)23)14(24-18)6-7-21/h8-9,11,14,16,21,23H,6-7H2,1-5H3/t11-,14+,16-,18+/m1/s1. The number of rotatable bonds is 3.